The van der Waals surface area contributed by atoms with Crippen LogP contribution in [0.4, 0.5) is 0 Å². The molecule has 0 bridgehead atoms. The van der Waals surface area contributed by atoms with E-state index in [1.165, 1.54) is 24.3 Å². The summed E-state index contributed by atoms with van der Waals surface area (Å²) in [6, 6.07) is 9.38. The maximum Gasteiger partial charge on any atom is 0.338 e. The van der Waals surface area contributed by atoms with Crippen molar-refractivity contribution in [3.63, 3.8) is 0 Å². The van der Waals surface area contributed by atoms with Crippen LogP contribution in [0.15, 0.2) is 53.3 Å². The van der Waals surface area contributed by atoms with Crippen LogP contribution in [-0.2, 0) is 4.74 Å². The SMILES string of the molecule is CC(OC(=O)c1ccc(C(N)=O)cc1)c1nc(-c2cccnc2)no1. The Morgan fingerprint density at radius 3 is 2.52 bits per heavy atom. The number of pyridine rings is 1. The van der Waals surface area contributed by atoms with E-state index in [4.69, 9.17) is 15.0 Å². The monoisotopic (exact) mass is 338 g/mol. The Hall–Kier alpha value is -3.55. The molecule has 8 heteroatoms. The van der Waals surface area contributed by atoms with E-state index in [1.54, 1.807) is 31.5 Å². The number of rotatable bonds is 5. The highest BCUT2D eigenvalue weighted by Gasteiger charge is 2.20. The Balaban J connectivity index is 1.69. The third-order valence-corrected chi connectivity index (χ3v) is 3.40. The van der Waals surface area contributed by atoms with Crippen molar-refractivity contribution in [1.82, 2.24) is 15.1 Å². The fourth-order valence-corrected chi connectivity index (χ4v) is 2.06. The quantitative estimate of drug-likeness (QED) is 0.707. The van der Waals surface area contributed by atoms with Gasteiger partial charge in [0.15, 0.2) is 6.10 Å². The molecule has 0 saturated heterocycles. The van der Waals surface area contributed by atoms with Crippen LogP contribution in [0.1, 0.15) is 39.6 Å². The van der Waals surface area contributed by atoms with E-state index >= 15 is 0 Å². The van der Waals surface area contributed by atoms with Crippen LogP contribution >= 0.6 is 0 Å². The lowest BCUT2D eigenvalue weighted by atomic mass is 10.1. The van der Waals surface area contributed by atoms with E-state index in [1.807, 2.05) is 0 Å². The largest absolute Gasteiger partial charge is 0.449 e. The van der Waals surface area contributed by atoms with E-state index in [9.17, 15) is 9.59 Å². The van der Waals surface area contributed by atoms with Crippen LogP contribution in [0.5, 0.6) is 0 Å². The summed E-state index contributed by atoms with van der Waals surface area (Å²) in [7, 11) is 0. The number of carbonyl (C=O) groups excluding carboxylic acids is 2. The first-order valence-electron chi connectivity index (χ1n) is 7.39. The molecule has 126 valence electrons. The minimum Gasteiger partial charge on any atom is -0.449 e. The molecule has 25 heavy (non-hydrogen) atoms. The normalized spacial score (nSPS) is 11.7. The average molecular weight is 338 g/mol. The summed E-state index contributed by atoms with van der Waals surface area (Å²) >= 11 is 0. The molecule has 0 aliphatic heterocycles. The predicted molar refractivity (Wildman–Crippen MR) is 86.3 cm³/mol. The molecule has 2 aromatic heterocycles. The molecular formula is C17H14N4O4. The summed E-state index contributed by atoms with van der Waals surface area (Å²) in [5.41, 5.74) is 6.44. The van der Waals surface area contributed by atoms with Gasteiger partial charge in [0.25, 0.3) is 5.89 Å². The molecule has 0 aliphatic carbocycles. The average Bonchev–Trinajstić information content (AvgIpc) is 3.13. The summed E-state index contributed by atoms with van der Waals surface area (Å²) in [4.78, 5) is 31.4. The zero-order valence-electron chi connectivity index (χ0n) is 13.2. The zero-order chi connectivity index (χ0) is 17.8. The van der Waals surface area contributed by atoms with Gasteiger partial charge >= 0.3 is 5.97 Å². The maximum atomic E-state index is 12.1. The van der Waals surface area contributed by atoms with Crippen LogP contribution in [-0.4, -0.2) is 27.0 Å². The minimum atomic E-state index is -0.735. The molecule has 2 N–H and O–H groups in total. The van der Waals surface area contributed by atoms with Crippen molar-refractivity contribution in [2.45, 2.75) is 13.0 Å². The van der Waals surface area contributed by atoms with Gasteiger partial charge < -0.3 is 15.0 Å². The Morgan fingerprint density at radius 2 is 1.88 bits per heavy atom. The lowest BCUT2D eigenvalue weighted by Crippen LogP contribution is -2.12. The number of hydrogen-bond donors (Lipinski definition) is 1. The number of amides is 1. The molecule has 0 spiro atoms. The van der Waals surface area contributed by atoms with Gasteiger partial charge in [0.2, 0.25) is 11.7 Å². The molecule has 3 aromatic rings. The number of primary amides is 1. The van der Waals surface area contributed by atoms with Crippen LogP contribution in [0.3, 0.4) is 0 Å². The number of nitrogens with two attached hydrogens (primary N) is 1. The number of carbonyl (C=O) groups is 2. The molecule has 1 atom stereocenters. The van der Waals surface area contributed by atoms with Gasteiger partial charge in [0.05, 0.1) is 5.56 Å². The molecule has 8 nitrogen and oxygen atoms in total. The Kier molecular flexibility index (Phi) is 4.51. The van der Waals surface area contributed by atoms with Gasteiger partial charge in [-0.3, -0.25) is 9.78 Å². The summed E-state index contributed by atoms with van der Waals surface area (Å²) in [5.74, 6) is -0.621. The predicted octanol–water partition coefficient (Wildman–Crippen LogP) is 2.15. The molecule has 0 aliphatic rings. The third-order valence-electron chi connectivity index (χ3n) is 3.40. The van der Waals surface area contributed by atoms with Crippen molar-refractivity contribution < 1.29 is 18.8 Å². The van der Waals surface area contributed by atoms with Crippen LogP contribution < -0.4 is 5.73 Å². The summed E-state index contributed by atoms with van der Waals surface area (Å²) < 4.78 is 10.4. The van der Waals surface area contributed by atoms with Crippen molar-refractivity contribution in [1.29, 1.82) is 0 Å². The number of hydrogen-bond acceptors (Lipinski definition) is 7. The number of nitrogens with zero attached hydrogens (tertiary/aromatic N) is 3. The molecule has 0 radical (unpaired) electrons. The van der Waals surface area contributed by atoms with Crippen molar-refractivity contribution >= 4 is 11.9 Å². The van der Waals surface area contributed by atoms with Gasteiger partial charge in [-0.15, -0.1) is 0 Å². The Morgan fingerprint density at radius 1 is 1.16 bits per heavy atom. The lowest BCUT2D eigenvalue weighted by Gasteiger charge is -2.09. The molecular weight excluding hydrogens is 324 g/mol. The fourth-order valence-electron chi connectivity index (χ4n) is 2.06. The van der Waals surface area contributed by atoms with Gasteiger partial charge in [0, 0.05) is 23.5 Å². The van der Waals surface area contributed by atoms with Gasteiger partial charge in [0.1, 0.15) is 0 Å². The van der Waals surface area contributed by atoms with Crippen molar-refractivity contribution in [2.75, 3.05) is 0 Å². The maximum absolute atomic E-state index is 12.1. The molecule has 3 rings (SSSR count). The second kappa shape index (κ2) is 6.91. The van der Waals surface area contributed by atoms with Gasteiger partial charge in [-0.1, -0.05) is 5.16 Å². The van der Waals surface area contributed by atoms with Crippen molar-refractivity contribution in [2.24, 2.45) is 5.73 Å². The number of ether oxygens (including phenoxy) is 1. The molecule has 1 aromatic carbocycles. The van der Waals surface area contributed by atoms with E-state index < -0.39 is 18.0 Å². The second-order valence-electron chi connectivity index (χ2n) is 5.19. The molecule has 1 unspecified atom stereocenters. The molecule has 2 heterocycles. The van der Waals surface area contributed by atoms with Crippen molar-refractivity contribution in [3.05, 3.63) is 65.8 Å². The molecule has 0 fully saturated rings. The molecule has 1 amide bonds. The highest BCUT2D eigenvalue weighted by atomic mass is 16.6. The zero-order valence-corrected chi connectivity index (χ0v) is 13.2. The first-order chi connectivity index (χ1) is 12.0. The van der Waals surface area contributed by atoms with Crippen LogP contribution in [0.25, 0.3) is 11.4 Å². The van der Waals surface area contributed by atoms with E-state index in [-0.39, 0.29) is 11.5 Å². The lowest BCUT2D eigenvalue weighted by molar-refractivity contribution is 0.0265. The van der Waals surface area contributed by atoms with E-state index in [2.05, 4.69) is 15.1 Å². The highest BCUT2D eigenvalue weighted by molar-refractivity contribution is 5.95. The van der Waals surface area contributed by atoms with Gasteiger partial charge in [-0.25, -0.2) is 4.79 Å². The highest BCUT2D eigenvalue weighted by Crippen LogP contribution is 2.21. The number of benzene rings is 1. The second-order valence-corrected chi connectivity index (χ2v) is 5.19. The topological polar surface area (TPSA) is 121 Å². The minimum absolute atomic E-state index is 0.168. The smallest absolute Gasteiger partial charge is 0.338 e. The van der Waals surface area contributed by atoms with Crippen LogP contribution in [0, 0.1) is 0 Å². The third kappa shape index (κ3) is 3.69. The summed E-state index contributed by atoms with van der Waals surface area (Å²) in [6.45, 7) is 1.62. The Labute approximate surface area is 142 Å². The number of aromatic nitrogens is 3. The van der Waals surface area contributed by atoms with E-state index in [0.717, 1.165) is 0 Å². The first kappa shape index (κ1) is 16.3. The summed E-state index contributed by atoms with van der Waals surface area (Å²) in [6.07, 6.45) is 2.51. The van der Waals surface area contributed by atoms with Crippen LogP contribution in [0.2, 0.25) is 0 Å². The number of esters is 1. The fraction of sp³-hybridized carbons (Fsp3) is 0.118. The van der Waals surface area contributed by atoms with Gasteiger partial charge in [-0.2, -0.15) is 4.98 Å². The molecule has 0 saturated carbocycles. The van der Waals surface area contributed by atoms with E-state index in [0.29, 0.717) is 17.0 Å². The van der Waals surface area contributed by atoms with Gasteiger partial charge in [-0.05, 0) is 43.3 Å². The Bertz CT molecular complexity index is 891. The first-order valence-corrected chi connectivity index (χ1v) is 7.39. The standard InChI is InChI=1S/C17H14N4O4/c1-10(16-20-15(21-25-16)13-3-2-8-19-9-13)24-17(23)12-6-4-11(5-7-12)14(18)22/h2-10H,1H3,(H2,18,22). The summed E-state index contributed by atoms with van der Waals surface area (Å²) in [5, 5.41) is 3.85. The van der Waals surface area contributed by atoms with Crippen molar-refractivity contribution in [3.8, 4) is 11.4 Å².